The zero-order valence-corrected chi connectivity index (χ0v) is 17.5. The first kappa shape index (κ1) is 22.4. The van der Waals surface area contributed by atoms with Crippen molar-refractivity contribution in [3.8, 4) is 5.75 Å². The summed E-state index contributed by atoms with van der Waals surface area (Å²) < 4.78 is 5.74. The van der Waals surface area contributed by atoms with Gasteiger partial charge in [0.05, 0.1) is 6.10 Å². The summed E-state index contributed by atoms with van der Waals surface area (Å²) in [6.07, 6.45) is 4.86. The lowest BCUT2D eigenvalue weighted by atomic mass is 10.1. The van der Waals surface area contributed by atoms with E-state index in [9.17, 15) is 9.90 Å². The summed E-state index contributed by atoms with van der Waals surface area (Å²) in [5, 5.41) is 13.0. The highest BCUT2D eigenvalue weighted by Gasteiger charge is 2.05. The molecule has 0 bridgehead atoms. The second kappa shape index (κ2) is 11.9. The number of rotatable bonds is 10. The maximum atomic E-state index is 12.0. The van der Waals surface area contributed by atoms with Crippen LogP contribution in [0.3, 0.4) is 0 Å². The lowest BCUT2D eigenvalue weighted by molar-refractivity contribution is 0.0954. The Morgan fingerprint density at radius 1 is 1.03 bits per heavy atom. The molecule has 0 spiro atoms. The van der Waals surface area contributed by atoms with E-state index in [4.69, 9.17) is 4.74 Å². The van der Waals surface area contributed by atoms with Crippen molar-refractivity contribution in [3.05, 3.63) is 89.0 Å². The number of amides is 1. The Bertz CT molecular complexity index is 819. The molecule has 2 aromatic rings. The minimum Gasteiger partial charge on any atom is -0.490 e. The van der Waals surface area contributed by atoms with Crippen molar-refractivity contribution in [3.63, 3.8) is 0 Å². The van der Waals surface area contributed by atoms with Crippen LogP contribution < -0.4 is 10.1 Å². The summed E-state index contributed by atoms with van der Waals surface area (Å²) in [7, 11) is 0. The fourth-order valence-electron chi connectivity index (χ4n) is 2.70. The summed E-state index contributed by atoms with van der Waals surface area (Å²) in [5.41, 5.74) is 3.92. The predicted molar refractivity (Wildman–Crippen MR) is 118 cm³/mol. The molecule has 0 aromatic heterocycles. The van der Waals surface area contributed by atoms with Gasteiger partial charge in [0, 0.05) is 12.1 Å². The third-order valence-electron chi connectivity index (χ3n) is 4.59. The number of benzene rings is 2. The summed E-state index contributed by atoms with van der Waals surface area (Å²) >= 11 is 0. The molecule has 2 aromatic carbocycles. The van der Waals surface area contributed by atoms with Gasteiger partial charge in [-0.2, -0.15) is 0 Å². The number of hydrogen-bond donors (Lipinski definition) is 2. The molecule has 2 N–H and O–H groups in total. The number of aliphatic hydroxyl groups excluding tert-OH is 1. The molecule has 0 heterocycles. The maximum absolute atomic E-state index is 12.0. The van der Waals surface area contributed by atoms with E-state index in [0.29, 0.717) is 25.1 Å². The minimum absolute atomic E-state index is 0.0560. The average Bonchev–Trinajstić information content (AvgIpc) is 2.73. The van der Waals surface area contributed by atoms with Crippen LogP contribution in [0, 0.1) is 0 Å². The Hall–Kier alpha value is -2.85. The van der Waals surface area contributed by atoms with Crippen molar-refractivity contribution >= 4 is 5.91 Å². The Labute approximate surface area is 173 Å². The first-order chi connectivity index (χ1) is 14.0. The molecule has 1 amide bonds. The van der Waals surface area contributed by atoms with Gasteiger partial charge in [0.1, 0.15) is 12.4 Å². The first-order valence-electron chi connectivity index (χ1n) is 9.99. The lowest BCUT2D eigenvalue weighted by Crippen LogP contribution is -2.25. The Balaban J connectivity index is 1.73. The van der Waals surface area contributed by atoms with Gasteiger partial charge in [-0.05, 0) is 75.1 Å². The van der Waals surface area contributed by atoms with E-state index in [1.54, 1.807) is 12.1 Å². The van der Waals surface area contributed by atoms with Gasteiger partial charge in [0.2, 0.25) is 0 Å². The van der Waals surface area contributed by atoms with Gasteiger partial charge in [0.25, 0.3) is 5.91 Å². The molecule has 4 heteroatoms. The van der Waals surface area contributed by atoms with Crippen LogP contribution in [0.15, 0.2) is 77.9 Å². The molecule has 2 rings (SSSR count). The van der Waals surface area contributed by atoms with Crippen molar-refractivity contribution in [2.24, 2.45) is 0 Å². The molecule has 29 heavy (non-hydrogen) atoms. The second-order valence-electron chi connectivity index (χ2n) is 7.31. The summed E-state index contributed by atoms with van der Waals surface area (Å²) in [4.78, 5) is 12.0. The van der Waals surface area contributed by atoms with E-state index in [1.165, 1.54) is 5.57 Å². The van der Waals surface area contributed by atoms with E-state index in [2.05, 4.69) is 5.32 Å². The standard InChI is InChI=1S/C25H31NO3/c1-19(2)9-14-24(27)20(3)16-18-29-23-12-10-21(11-13-23)15-17-26-25(28)22-7-5-4-6-8-22/h4-13,16,24,27H,14-15,17-18H2,1-3H3,(H,26,28)/t24-/m1/s1. The van der Waals surface area contributed by atoms with Crippen molar-refractivity contribution in [2.75, 3.05) is 13.2 Å². The number of carbonyl (C=O) groups excluding carboxylic acids is 1. The molecule has 0 fully saturated rings. The van der Waals surface area contributed by atoms with Gasteiger partial charge in [-0.15, -0.1) is 0 Å². The highest BCUT2D eigenvalue weighted by atomic mass is 16.5. The highest BCUT2D eigenvalue weighted by molar-refractivity contribution is 5.94. The SMILES string of the molecule is CC(C)=CC[C@@H](O)C(C)=CCOc1ccc(CCNC(=O)c2ccccc2)cc1. The largest absolute Gasteiger partial charge is 0.490 e. The van der Waals surface area contributed by atoms with Crippen molar-refractivity contribution in [1.29, 1.82) is 0 Å². The fraction of sp³-hybridized carbons (Fsp3) is 0.320. The van der Waals surface area contributed by atoms with Crippen LogP contribution in [0.4, 0.5) is 0 Å². The summed E-state index contributed by atoms with van der Waals surface area (Å²) in [6.45, 7) is 6.97. The van der Waals surface area contributed by atoms with Crippen molar-refractivity contribution in [2.45, 2.75) is 39.7 Å². The second-order valence-corrected chi connectivity index (χ2v) is 7.31. The van der Waals surface area contributed by atoms with E-state index < -0.39 is 6.10 Å². The number of carbonyl (C=O) groups is 1. The van der Waals surface area contributed by atoms with Gasteiger partial charge in [-0.3, -0.25) is 4.79 Å². The first-order valence-corrected chi connectivity index (χ1v) is 9.99. The van der Waals surface area contributed by atoms with E-state index in [-0.39, 0.29) is 5.91 Å². The highest BCUT2D eigenvalue weighted by Crippen LogP contribution is 2.14. The number of hydrogen-bond acceptors (Lipinski definition) is 3. The number of nitrogens with one attached hydrogen (secondary N) is 1. The van der Waals surface area contributed by atoms with E-state index in [1.807, 2.05) is 75.4 Å². The lowest BCUT2D eigenvalue weighted by Gasteiger charge is -2.10. The molecule has 0 aliphatic carbocycles. The number of allylic oxidation sites excluding steroid dienone is 1. The molecular formula is C25H31NO3. The molecule has 0 saturated carbocycles. The summed E-state index contributed by atoms with van der Waals surface area (Å²) in [5.74, 6) is 0.726. The molecule has 1 atom stereocenters. The van der Waals surface area contributed by atoms with Crippen LogP contribution in [-0.2, 0) is 6.42 Å². The smallest absolute Gasteiger partial charge is 0.251 e. The fourth-order valence-corrected chi connectivity index (χ4v) is 2.70. The third-order valence-corrected chi connectivity index (χ3v) is 4.59. The van der Waals surface area contributed by atoms with Crippen LogP contribution in [0.2, 0.25) is 0 Å². The summed E-state index contributed by atoms with van der Waals surface area (Å²) in [6, 6.07) is 17.1. The Morgan fingerprint density at radius 3 is 2.38 bits per heavy atom. The monoisotopic (exact) mass is 393 g/mol. The molecule has 0 aliphatic rings. The zero-order valence-electron chi connectivity index (χ0n) is 17.5. The Morgan fingerprint density at radius 2 is 1.72 bits per heavy atom. The zero-order chi connectivity index (χ0) is 21.1. The van der Waals surface area contributed by atoms with E-state index in [0.717, 1.165) is 23.3 Å². The average molecular weight is 394 g/mol. The van der Waals surface area contributed by atoms with Gasteiger partial charge < -0.3 is 15.2 Å². The normalized spacial score (nSPS) is 12.2. The molecule has 0 saturated heterocycles. The van der Waals surface area contributed by atoms with Crippen molar-refractivity contribution in [1.82, 2.24) is 5.32 Å². The van der Waals surface area contributed by atoms with Gasteiger partial charge in [0.15, 0.2) is 0 Å². The molecular weight excluding hydrogens is 362 g/mol. The Kier molecular flexibility index (Phi) is 9.19. The maximum Gasteiger partial charge on any atom is 0.251 e. The third kappa shape index (κ3) is 8.36. The van der Waals surface area contributed by atoms with Crippen LogP contribution in [0.1, 0.15) is 43.1 Å². The van der Waals surface area contributed by atoms with E-state index >= 15 is 0 Å². The van der Waals surface area contributed by atoms with Gasteiger partial charge >= 0.3 is 0 Å². The van der Waals surface area contributed by atoms with Crippen molar-refractivity contribution < 1.29 is 14.6 Å². The van der Waals surface area contributed by atoms with Gasteiger partial charge in [-0.25, -0.2) is 0 Å². The quantitative estimate of drug-likeness (QED) is 0.575. The van der Waals surface area contributed by atoms with Crippen LogP contribution >= 0.6 is 0 Å². The molecule has 4 nitrogen and oxygen atoms in total. The van der Waals surface area contributed by atoms with Gasteiger partial charge in [-0.1, -0.05) is 42.0 Å². The topological polar surface area (TPSA) is 58.6 Å². The minimum atomic E-state index is -0.470. The molecule has 0 aliphatic heterocycles. The van der Waals surface area contributed by atoms with Crippen LogP contribution in [-0.4, -0.2) is 30.3 Å². The molecule has 0 radical (unpaired) electrons. The van der Waals surface area contributed by atoms with Crippen LogP contribution in [0.5, 0.6) is 5.75 Å². The van der Waals surface area contributed by atoms with Crippen LogP contribution in [0.25, 0.3) is 0 Å². The molecule has 154 valence electrons. The predicted octanol–water partition coefficient (Wildman–Crippen LogP) is 4.70. The number of aliphatic hydroxyl groups is 1. The molecule has 0 unspecified atom stereocenters. The number of ether oxygens (including phenoxy) is 1.